The van der Waals surface area contributed by atoms with Crippen molar-refractivity contribution in [2.75, 3.05) is 40.0 Å². The minimum absolute atomic E-state index is 0.121. The maximum absolute atomic E-state index is 15.7. The summed E-state index contributed by atoms with van der Waals surface area (Å²) >= 11 is 0. The van der Waals surface area contributed by atoms with E-state index in [-0.39, 0.29) is 25.1 Å². The largest absolute Gasteiger partial charge is 0.492 e. The molecule has 3 aromatic rings. The molecule has 0 fully saturated rings. The molecule has 206 valence electrons. The number of carboxylic acids is 1. The summed E-state index contributed by atoms with van der Waals surface area (Å²) < 4.78 is 48.4. The van der Waals surface area contributed by atoms with Gasteiger partial charge in [-0.25, -0.2) is 8.78 Å². The van der Waals surface area contributed by atoms with Gasteiger partial charge < -0.3 is 19.7 Å². The predicted molar refractivity (Wildman–Crippen MR) is 141 cm³/mol. The molecule has 3 atom stereocenters. The monoisotopic (exact) mass is 531 g/mol. The van der Waals surface area contributed by atoms with Gasteiger partial charge in [-0.05, 0) is 75.2 Å². The van der Waals surface area contributed by atoms with Crippen LogP contribution < -0.4 is 4.74 Å². The van der Waals surface area contributed by atoms with Crippen LogP contribution in [0.1, 0.15) is 48.7 Å². The minimum atomic E-state index is -0.924. The Morgan fingerprint density at radius 2 is 2.03 bits per heavy atom. The average Bonchev–Trinajstić information content (AvgIpc) is 3.22. The van der Waals surface area contributed by atoms with Gasteiger partial charge in [0.15, 0.2) is 0 Å². The Bertz CT molecular complexity index is 1300. The molecule has 0 spiro atoms. The average molecular weight is 532 g/mol. The molecule has 1 aliphatic heterocycles. The topological polar surface area (TPSA) is 68.8 Å². The second kappa shape index (κ2) is 11.8. The van der Waals surface area contributed by atoms with Crippen molar-refractivity contribution in [1.29, 1.82) is 0 Å². The molecule has 0 aliphatic carbocycles. The number of benzene rings is 2. The number of aromatic amines is 1. The van der Waals surface area contributed by atoms with Gasteiger partial charge in [0, 0.05) is 47.8 Å². The van der Waals surface area contributed by atoms with E-state index in [1.54, 1.807) is 26.0 Å². The second-order valence-electron chi connectivity index (χ2n) is 10.4. The summed E-state index contributed by atoms with van der Waals surface area (Å²) in [5.41, 5.74) is 3.44. The van der Waals surface area contributed by atoms with Crippen LogP contribution in [0.4, 0.5) is 13.2 Å². The molecule has 4 rings (SSSR count). The highest BCUT2D eigenvalue weighted by Gasteiger charge is 2.39. The first kappa shape index (κ1) is 28.0. The van der Waals surface area contributed by atoms with Crippen molar-refractivity contribution in [1.82, 2.24) is 14.8 Å². The number of halogens is 3. The highest BCUT2D eigenvalue weighted by Crippen LogP contribution is 2.44. The quantitative estimate of drug-likeness (QED) is 0.343. The number of aromatic nitrogens is 1. The van der Waals surface area contributed by atoms with Crippen molar-refractivity contribution in [3.05, 3.63) is 64.4 Å². The number of nitrogens with one attached hydrogen (secondary N) is 1. The van der Waals surface area contributed by atoms with Crippen LogP contribution in [0.5, 0.6) is 5.75 Å². The molecule has 0 radical (unpaired) electrons. The van der Waals surface area contributed by atoms with Crippen molar-refractivity contribution < 1.29 is 27.8 Å². The number of likely N-dealkylation sites (N-methyl/N-ethyl adjacent to an activating group) is 1. The fraction of sp³-hybridized carbons (Fsp3) is 0.483. The first-order valence-electron chi connectivity index (χ1n) is 13.1. The van der Waals surface area contributed by atoms with Gasteiger partial charge in [-0.3, -0.25) is 14.1 Å². The number of carboxylic acid groups (broad SMARTS) is 1. The lowest BCUT2D eigenvalue weighted by Gasteiger charge is -2.42. The van der Waals surface area contributed by atoms with Gasteiger partial charge in [-0.2, -0.15) is 0 Å². The van der Waals surface area contributed by atoms with Crippen LogP contribution in [0.25, 0.3) is 10.9 Å². The lowest BCUT2D eigenvalue weighted by Crippen LogP contribution is -2.46. The third-order valence-electron chi connectivity index (χ3n) is 7.57. The van der Waals surface area contributed by atoms with Gasteiger partial charge in [-0.1, -0.05) is 6.92 Å². The van der Waals surface area contributed by atoms with E-state index in [1.807, 2.05) is 23.8 Å². The molecule has 38 heavy (non-hydrogen) atoms. The maximum Gasteiger partial charge on any atom is 0.307 e. The summed E-state index contributed by atoms with van der Waals surface area (Å²) in [5.74, 6) is -1.83. The molecular formula is C29H36F3N3O3. The van der Waals surface area contributed by atoms with Gasteiger partial charge in [0.2, 0.25) is 0 Å². The van der Waals surface area contributed by atoms with Crippen LogP contribution in [0.2, 0.25) is 0 Å². The second-order valence-corrected chi connectivity index (χ2v) is 10.4. The molecule has 9 heteroatoms. The zero-order chi connectivity index (χ0) is 27.6. The van der Waals surface area contributed by atoms with Crippen molar-refractivity contribution in [3.8, 4) is 5.75 Å². The van der Waals surface area contributed by atoms with Gasteiger partial charge in [0.25, 0.3) is 0 Å². The van der Waals surface area contributed by atoms with E-state index in [0.717, 1.165) is 22.2 Å². The number of fused-ring (bicyclic) bond motifs is 3. The zero-order valence-electron chi connectivity index (χ0n) is 22.4. The highest BCUT2D eigenvalue weighted by atomic mass is 19.1. The van der Waals surface area contributed by atoms with E-state index < -0.39 is 23.7 Å². The van der Waals surface area contributed by atoms with Crippen LogP contribution in [-0.2, 0) is 11.2 Å². The molecular weight excluding hydrogens is 495 g/mol. The van der Waals surface area contributed by atoms with Crippen LogP contribution >= 0.6 is 0 Å². The highest BCUT2D eigenvalue weighted by molar-refractivity contribution is 5.85. The van der Waals surface area contributed by atoms with Crippen LogP contribution in [0.3, 0.4) is 0 Å². The van der Waals surface area contributed by atoms with Gasteiger partial charge in [0.1, 0.15) is 24.0 Å². The molecule has 2 N–H and O–H groups in total. The molecule has 0 saturated heterocycles. The Balaban J connectivity index is 1.76. The zero-order valence-corrected chi connectivity index (χ0v) is 22.4. The number of nitrogens with zero attached hydrogens (tertiary/aromatic N) is 2. The van der Waals surface area contributed by atoms with E-state index in [0.29, 0.717) is 49.4 Å². The molecule has 2 aromatic carbocycles. The summed E-state index contributed by atoms with van der Waals surface area (Å²) in [7, 11) is 1.90. The van der Waals surface area contributed by atoms with Crippen LogP contribution in [0, 0.1) is 24.5 Å². The van der Waals surface area contributed by atoms with Gasteiger partial charge in [-0.15, -0.1) is 0 Å². The van der Waals surface area contributed by atoms with Crippen molar-refractivity contribution >= 4 is 16.9 Å². The lowest BCUT2D eigenvalue weighted by molar-refractivity contribution is -0.142. The fourth-order valence-electron chi connectivity index (χ4n) is 5.44. The van der Waals surface area contributed by atoms with Crippen molar-refractivity contribution in [2.24, 2.45) is 5.92 Å². The molecule has 0 bridgehead atoms. The Morgan fingerprint density at radius 1 is 1.26 bits per heavy atom. The smallest absolute Gasteiger partial charge is 0.307 e. The first-order chi connectivity index (χ1) is 18.1. The minimum Gasteiger partial charge on any atom is -0.492 e. The molecule has 1 aliphatic rings. The van der Waals surface area contributed by atoms with Crippen LogP contribution in [0.15, 0.2) is 30.3 Å². The number of hydrogen-bond acceptors (Lipinski definition) is 4. The van der Waals surface area contributed by atoms with Crippen LogP contribution in [-0.4, -0.2) is 71.9 Å². The number of ether oxygens (including phenoxy) is 1. The fourth-order valence-corrected chi connectivity index (χ4v) is 5.44. The Kier molecular flexibility index (Phi) is 8.67. The number of rotatable bonds is 11. The first-order valence-corrected chi connectivity index (χ1v) is 13.1. The SMILES string of the molecule is Cc1c(OCCN(C)CCCF)ccc(F)c1[C@@H]1c2[nH]c3ccc(F)cc3c2C[C@@H](C)N1C[C@@H](C)C(=O)O. The molecule has 0 saturated carbocycles. The van der Waals surface area contributed by atoms with E-state index in [4.69, 9.17) is 4.74 Å². The normalized spacial score (nSPS) is 18.6. The molecule has 0 amide bonds. The van der Waals surface area contributed by atoms with E-state index >= 15 is 4.39 Å². The number of H-pyrrole nitrogens is 1. The third kappa shape index (κ3) is 5.68. The predicted octanol–water partition coefficient (Wildman–Crippen LogP) is 5.48. The molecule has 6 nitrogen and oxygen atoms in total. The van der Waals surface area contributed by atoms with Gasteiger partial charge in [0.05, 0.1) is 18.6 Å². The number of carbonyl (C=O) groups is 1. The van der Waals surface area contributed by atoms with E-state index in [1.165, 1.54) is 18.2 Å². The van der Waals surface area contributed by atoms with Gasteiger partial charge >= 0.3 is 5.97 Å². The summed E-state index contributed by atoms with van der Waals surface area (Å²) in [6.45, 7) is 6.85. The van der Waals surface area contributed by atoms with E-state index in [2.05, 4.69) is 4.98 Å². The number of aliphatic carboxylic acids is 1. The Labute approximate surface area is 221 Å². The Morgan fingerprint density at radius 3 is 2.74 bits per heavy atom. The summed E-state index contributed by atoms with van der Waals surface area (Å²) in [6, 6.07) is 6.81. The lowest BCUT2D eigenvalue weighted by atomic mass is 9.85. The summed E-state index contributed by atoms with van der Waals surface area (Å²) in [5, 5.41) is 10.4. The standard InChI is InChI=1S/C29H36F3N3O3/c1-17(29(36)37)16-35-18(2)14-22-21-15-20(31)6-8-24(21)33-27(22)28(35)26-19(3)25(9-7-23(26)32)38-13-12-34(4)11-5-10-30/h6-9,15,17-18,28,33H,5,10-14,16H2,1-4H3,(H,36,37)/t17-,18-,28-/m1/s1. The Hall–Kier alpha value is -3.04. The molecule has 1 aromatic heterocycles. The molecule has 0 unspecified atom stereocenters. The number of hydrogen-bond donors (Lipinski definition) is 2. The van der Waals surface area contributed by atoms with E-state index in [9.17, 15) is 18.7 Å². The summed E-state index contributed by atoms with van der Waals surface area (Å²) in [4.78, 5) is 19.2. The third-order valence-corrected chi connectivity index (χ3v) is 7.57. The molecule has 2 heterocycles. The number of alkyl halides is 1. The van der Waals surface area contributed by atoms with Crippen molar-refractivity contribution in [2.45, 2.75) is 45.7 Å². The van der Waals surface area contributed by atoms with Crippen molar-refractivity contribution in [3.63, 3.8) is 0 Å². The summed E-state index contributed by atoms with van der Waals surface area (Å²) in [6.07, 6.45) is 1.03. The maximum atomic E-state index is 15.7.